The van der Waals surface area contributed by atoms with E-state index >= 15 is 0 Å². The predicted octanol–water partition coefficient (Wildman–Crippen LogP) is 1.62. The first-order valence-electron chi connectivity index (χ1n) is 8.03. The molecule has 4 heteroatoms. The summed E-state index contributed by atoms with van der Waals surface area (Å²) in [6.45, 7) is 2.11. The molecule has 21 heavy (non-hydrogen) atoms. The smallest absolute Gasteiger partial charge is 0.243 e. The summed E-state index contributed by atoms with van der Waals surface area (Å²) in [5.41, 5.74) is 7.91. The number of benzene rings is 1. The van der Waals surface area contributed by atoms with Gasteiger partial charge in [0, 0.05) is 11.8 Å². The van der Waals surface area contributed by atoms with Crippen LogP contribution < -0.4 is 10.7 Å². The third kappa shape index (κ3) is 2.27. The van der Waals surface area contributed by atoms with E-state index in [0.717, 1.165) is 50.9 Å². The summed E-state index contributed by atoms with van der Waals surface area (Å²) >= 11 is 0. The fraction of sp³-hybridized carbons (Fsp3) is 0.529. The highest BCUT2D eigenvalue weighted by Gasteiger charge is 2.39. The molecule has 1 saturated carbocycles. The topological polar surface area (TPSA) is 53.5 Å². The van der Waals surface area contributed by atoms with E-state index in [2.05, 4.69) is 34.0 Å². The average molecular weight is 283 g/mol. The second-order valence-corrected chi connectivity index (χ2v) is 6.35. The fourth-order valence-corrected chi connectivity index (χ4v) is 3.99. The minimum atomic E-state index is 0.111. The Hall–Kier alpha value is -1.68. The van der Waals surface area contributed by atoms with Crippen molar-refractivity contribution in [2.24, 2.45) is 16.9 Å². The van der Waals surface area contributed by atoms with E-state index in [9.17, 15) is 4.79 Å². The van der Waals surface area contributed by atoms with Crippen LogP contribution in [0.5, 0.6) is 0 Å². The quantitative estimate of drug-likeness (QED) is 0.823. The lowest BCUT2D eigenvalue weighted by molar-refractivity contribution is -0.125. The molecule has 1 aromatic carbocycles. The SMILES string of the molecule is O=C1NN=C(c2ccc3c(c2)CCNCC3)C2CCCC12. The number of fused-ring (bicyclic) bond motifs is 2. The van der Waals surface area contributed by atoms with Crippen LogP contribution in [-0.2, 0) is 17.6 Å². The van der Waals surface area contributed by atoms with Gasteiger partial charge in [0.1, 0.15) is 0 Å². The van der Waals surface area contributed by atoms with Gasteiger partial charge >= 0.3 is 0 Å². The van der Waals surface area contributed by atoms with Gasteiger partial charge in [-0.25, -0.2) is 5.43 Å². The summed E-state index contributed by atoms with van der Waals surface area (Å²) in [6, 6.07) is 6.74. The monoisotopic (exact) mass is 283 g/mol. The first kappa shape index (κ1) is 13.0. The zero-order valence-corrected chi connectivity index (χ0v) is 12.2. The standard InChI is InChI=1S/C17H21N3O/c21-17-15-3-1-2-14(15)16(19-20-17)13-5-4-11-6-8-18-9-7-12(11)10-13/h4-5,10,14-15,18H,1-3,6-9H2,(H,20,21). The Kier molecular flexibility index (Phi) is 3.26. The van der Waals surface area contributed by atoms with Crippen LogP contribution in [0.2, 0.25) is 0 Å². The number of hydrazone groups is 1. The van der Waals surface area contributed by atoms with Gasteiger partial charge in [-0.15, -0.1) is 0 Å². The minimum Gasteiger partial charge on any atom is -0.316 e. The zero-order chi connectivity index (χ0) is 14.2. The molecule has 2 heterocycles. The second-order valence-electron chi connectivity index (χ2n) is 6.35. The van der Waals surface area contributed by atoms with E-state index in [0.29, 0.717) is 5.92 Å². The Bertz CT molecular complexity index is 608. The molecule has 1 aliphatic carbocycles. The van der Waals surface area contributed by atoms with Gasteiger partial charge in [0.25, 0.3) is 0 Å². The van der Waals surface area contributed by atoms with Gasteiger partial charge < -0.3 is 5.32 Å². The molecule has 110 valence electrons. The molecule has 0 spiro atoms. The number of carbonyl (C=O) groups is 1. The molecule has 3 aliphatic rings. The Morgan fingerprint density at radius 3 is 2.76 bits per heavy atom. The van der Waals surface area contributed by atoms with Crippen molar-refractivity contribution in [3.05, 3.63) is 34.9 Å². The highest BCUT2D eigenvalue weighted by atomic mass is 16.2. The molecule has 4 nitrogen and oxygen atoms in total. The van der Waals surface area contributed by atoms with Crippen molar-refractivity contribution in [1.29, 1.82) is 0 Å². The van der Waals surface area contributed by atoms with Crippen LogP contribution in [0.3, 0.4) is 0 Å². The number of rotatable bonds is 1. The first-order chi connectivity index (χ1) is 10.3. The molecule has 2 atom stereocenters. The summed E-state index contributed by atoms with van der Waals surface area (Å²) in [5, 5.41) is 7.85. The summed E-state index contributed by atoms with van der Waals surface area (Å²) < 4.78 is 0. The van der Waals surface area contributed by atoms with Gasteiger partial charge in [0.2, 0.25) is 5.91 Å². The second kappa shape index (κ2) is 5.26. The summed E-state index contributed by atoms with van der Waals surface area (Å²) in [5.74, 6) is 0.568. The Labute approximate surface area is 125 Å². The van der Waals surface area contributed by atoms with E-state index in [1.807, 2.05) is 0 Å². The molecule has 0 saturated heterocycles. The van der Waals surface area contributed by atoms with Crippen molar-refractivity contribution in [3.63, 3.8) is 0 Å². The number of nitrogens with one attached hydrogen (secondary N) is 2. The molecular weight excluding hydrogens is 262 g/mol. The number of hydrogen-bond donors (Lipinski definition) is 2. The molecule has 0 aromatic heterocycles. The Morgan fingerprint density at radius 2 is 1.86 bits per heavy atom. The van der Waals surface area contributed by atoms with E-state index < -0.39 is 0 Å². The number of hydrogen-bond acceptors (Lipinski definition) is 3. The van der Waals surface area contributed by atoms with E-state index in [1.54, 1.807) is 0 Å². The van der Waals surface area contributed by atoms with Crippen LogP contribution in [0.1, 0.15) is 36.0 Å². The molecule has 1 fully saturated rings. The molecule has 2 N–H and O–H groups in total. The molecular formula is C17H21N3O. The van der Waals surface area contributed by atoms with E-state index in [-0.39, 0.29) is 11.8 Å². The van der Waals surface area contributed by atoms with Crippen LogP contribution in [0.15, 0.2) is 23.3 Å². The maximum absolute atomic E-state index is 11.9. The zero-order valence-electron chi connectivity index (χ0n) is 12.2. The molecule has 0 radical (unpaired) electrons. The maximum Gasteiger partial charge on any atom is 0.243 e. The van der Waals surface area contributed by atoms with Gasteiger partial charge in [0.05, 0.1) is 5.71 Å². The molecule has 1 aromatic rings. The predicted molar refractivity (Wildman–Crippen MR) is 82.2 cm³/mol. The van der Waals surface area contributed by atoms with Gasteiger partial charge in [0.15, 0.2) is 0 Å². The van der Waals surface area contributed by atoms with Crippen molar-refractivity contribution in [2.75, 3.05) is 13.1 Å². The summed E-state index contributed by atoms with van der Waals surface area (Å²) in [7, 11) is 0. The normalized spacial score (nSPS) is 28.2. The molecule has 2 aliphatic heterocycles. The van der Waals surface area contributed by atoms with Crippen LogP contribution in [0.4, 0.5) is 0 Å². The lowest BCUT2D eigenvalue weighted by Gasteiger charge is -2.25. The van der Waals surface area contributed by atoms with Crippen LogP contribution in [-0.4, -0.2) is 24.7 Å². The molecule has 4 rings (SSSR count). The third-order valence-electron chi connectivity index (χ3n) is 5.13. The van der Waals surface area contributed by atoms with Gasteiger partial charge in [-0.1, -0.05) is 18.6 Å². The third-order valence-corrected chi connectivity index (χ3v) is 5.13. The highest BCUT2D eigenvalue weighted by Crippen LogP contribution is 2.36. The van der Waals surface area contributed by atoms with Crippen LogP contribution in [0.25, 0.3) is 0 Å². The average Bonchev–Trinajstić information content (AvgIpc) is 2.88. The Morgan fingerprint density at radius 1 is 1.05 bits per heavy atom. The summed E-state index contributed by atoms with van der Waals surface area (Å²) in [4.78, 5) is 11.9. The van der Waals surface area contributed by atoms with Crippen molar-refractivity contribution >= 4 is 11.6 Å². The van der Waals surface area contributed by atoms with Crippen LogP contribution in [0, 0.1) is 11.8 Å². The summed E-state index contributed by atoms with van der Waals surface area (Å²) in [6.07, 6.45) is 5.42. The van der Waals surface area contributed by atoms with Crippen molar-refractivity contribution < 1.29 is 4.79 Å². The van der Waals surface area contributed by atoms with Crippen molar-refractivity contribution in [1.82, 2.24) is 10.7 Å². The van der Waals surface area contributed by atoms with Gasteiger partial charge in [-0.05, 0) is 61.5 Å². The van der Waals surface area contributed by atoms with E-state index in [4.69, 9.17) is 0 Å². The fourth-order valence-electron chi connectivity index (χ4n) is 3.99. The highest BCUT2D eigenvalue weighted by molar-refractivity contribution is 6.07. The lowest BCUT2D eigenvalue weighted by atomic mass is 9.85. The maximum atomic E-state index is 11.9. The molecule has 2 unspecified atom stereocenters. The van der Waals surface area contributed by atoms with Crippen molar-refractivity contribution in [3.8, 4) is 0 Å². The molecule has 1 amide bonds. The van der Waals surface area contributed by atoms with Gasteiger partial charge in [-0.3, -0.25) is 4.79 Å². The molecule has 0 bridgehead atoms. The number of carbonyl (C=O) groups excluding carboxylic acids is 1. The van der Waals surface area contributed by atoms with Crippen molar-refractivity contribution in [2.45, 2.75) is 32.1 Å². The number of nitrogens with zero attached hydrogens (tertiary/aromatic N) is 1. The lowest BCUT2D eigenvalue weighted by Crippen LogP contribution is -2.39. The largest absolute Gasteiger partial charge is 0.316 e. The Balaban J connectivity index is 1.70. The van der Waals surface area contributed by atoms with E-state index in [1.165, 1.54) is 16.7 Å². The van der Waals surface area contributed by atoms with Gasteiger partial charge in [-0.2, -0.15) is 5.10 Å². The number of amides is 1. The minimum absolute atomic E-state index is 0.111. The first-order valence-corrected chi connectivity index (χ1v) is 8.03. The van der Waals surface area contributed by atoms with Crippen LogP contribution >= 0.6 is 0 Å².